The van der Waals surface area contributed by atoms with Gasteiger partial charge in [0.05, 0.1) is 16.5 Å². The van der Waals surface area contributed by atoms with Crippen LogP contribution in [0.3, 0.4) is 0 Å². The quantitative estimate of drug-likeness (QED) is 0.606. The van der Waals surface area contributed by atoms with E-state index in [-0.39, 0.29) is 24.3 Å². The molecule has 0 unspecified atom stereocenters. The predicted molar refractivity (Wildman–Crippen MR) is 131 cm³/mol. The summed E-state index contributed by atoms with van der Waals surface area (Å²) in [7, 11) is -4.43. The Morgan fingerprint density at radius 2 is 1.81 bits per heavy atom. The molecule has 0 radical (unpaired) electrons. The molecule has 2 aromatic rings. The van der Waals surface area contributed by atoms with Crippen LogP contribution in [0, 0.1) is 11.6 Å². The van der Waals surface area contributed by atoms with Gasteiger partial charge in [0, 0.05) is 11.6 Å². The number of ether oxygens (including phenoxy) is 2. The first-order chi connectivity index (χ1) is 17.3. The van der Waals surface area contributed by atoms with Crippen molar-refractivity contribution in [2.45, 2.75) is 54.9 Å². The van der Waals surface area contributed by atoms with E-state index in [0.29, 0.717) is 5.02 Å². The molecule has 0 spiro atoms. The molecule has 1 saturated heterocycles. The summed E-state index contributed by atoms with van der Waals surface area (Å²) in [5.41, 5.74) is -1.24. The minimum atomic E-state index is -4.43. The van der Waals surface area contributed by atoms with E-state index >= 15 is 4.39 Å². The maximum absolute atomic E-state index is 15.4. The molecular weight excluding hydrogens is 530 g/mol. The van der Waals surface area contributed by atoms with Gasteiger partial charge < -0.3 is 19.7 Å². The fourth-order valence-electron chi connectivity index (χ4n) is 4.97. The molecule has 1 fully saturated rings. The van der Waals surface area contributed by atoms with E-state index in [1.807, 2.05) is 0 Å². The zero-order valence-corrected chi connectivity index (χ0v) is 22.1. The third-order valence-electron chi connectivity index (χ3n) is 6.44. The number of halogens is 3. The first kappa shape index (κ1) is 27.1. The molecule has 2 aromatic carbocycles. The normalized spacial score (nSPS) is 21.4. The number of rotatable bonds is 4. The van der Waals surface area contributed by atoms with Gasteiger partial charge in [0.1, 0.15) is 29.3 Å². The number of likely N-dealkylation sites (tertiary alicyclic amines) is 1. The molecule has 12 heteroatoms. The molecule has 2 aliphatic rings. The molecule has 2 amide bonds. The Morgan fingerprint density at radius 3 is 2.46 bits per heavy atom. The molecule has 0 saturated carbocycles. The average molecular weight is 557 g/mol. The van der Waals surface area contributed by atoms with Crippen LogP contribution < -0.4 is 10.1 Å². The predicted octanol–water partition coefficient (Wildman–Crippen LogP) is 4.20. The van der Waals surface area contributed by atoms with Crippen LogP contribution in [0.15, 0.2) is 41.3 Å². The fourth-order valence-corrected chi connectivity index (χ4v) is 7.43. The van der Waals surface area contributed by atoms with E-state index in [0.717, 1.165) is 12.1 Å². The number of benzene rings is 2. The molecule has 4 rings (SSSR count). The lowest BCUT2D eigenvalue weighted by Gasteiger charge is -2.51. The summed E-state index contributed by atoms with van der Waals surface area (Å²) in [5.74, 6) is -2.97. The van der Waals surface area contributed by atoms with Crippen molar-refractivity contribution in [2.24, 2.45) is 0 Å². The number of carbonyl (C=O) groups excluding carboxylic acids is 2. The molecule has 2 atom stereocenters. The van der Waals surface area contributed by atoms with Crippen molar-refractivity contribution < 1.29 is 36.3 Å². The molecule has 200 valence electrons. The molecule has 0 bridgehead atoms. The van der Waals surface area contributed by atoms with E-state index in [1.54, 1.807) is 20.8 Å². The van der Waals surface area contributed by atoms with Crippen LogP contribution in [0.25, 0.3) is 0 Å². The van der Waals surface area contributed by atoms with Gasteiger partial charge in [-0.3, -0.25) is 4.79 Å². The summed E-state index contributed by atoms with van der Waals surface area (Å²) in [5, 5.41) is 2.67. The SMILES string of the molecule is CC(C)(C)OC(=O)NCC(=O)N1CCC[C@@]2(S(=O)(=O)c3ccc(Cl)cc3)c3c(F)ccc(F)c3OC[C@@H]12. The maximum atomic E-state index is 15.4. The van der Waals surface area contributed by atoms with Gasteiger partial charge >= 0.3 is 6.09 Å². The number of hydrogen-bond acceptors (Lipinski definition) is 6. The Morgan fingerprint density at radius 1 is 1.16 bits per heavy atom. The van der Waals surface area contributed by atoms with Gasteiger partial charge in [-0.15, -0.1) is 0 Å². The van der Waals surface area contributed by atoms with Crippen molar-refractivity contribution in [3.63, 3.8) is 0 Å². The second-order valence-corrected chi connectivity index (χ2v) is 12.6. The summed E-state index contributed by atoms with van der Waals surface area (Å²) in [6.45, 7) is 4.25. The van der Waals surface area contributed by atoms with Crippen molar-refractivity contribution >= 4 is 33.4 Å². The van der Waals surface area contributed by atoms with Crippen LogP contribution in [0.4, 0.5) is 13.6 Å². The Labute approximate surface area is 218 Å². The van der Waals surface area contributed by atoms with Gasteiger partial charge in [-0.1, -0.05) is 11.6 Å². The second-order valence-electron chi connectivity index (χ2n) is 9.95. The third-order valence-corrected chi connectivity index (χ3v) is 9.22. The topological polar surface area (TPSA) is 102 Å². The number of nitrogens with one attached hydrogen (secondary N) is 1. The van der Waals surface area contributed by atoms with Crippen molar-refractivity contribution in [3.05, 3.63) is 58.6 Å². The highest BCUT2D eigenvalue weighted by Gasteiger charge is 2.61. The highest BCUT2D eigenvalue weighted by atomic mass is 35.5. The number of nitrogens with zero attached hydrogens (tertiary/aromatic N) is 1. The molecule has 0 aliphatic carbocycles. The average Bonchev–Trinajstić information content (AvgIpc) is 2.83. The Hall–Kier alpha value is -2.92. The summed E-state index contributed by atoms with van der Waals surface area (Å²) in [6.07, 6.45) is -0.726. The summed E-state index contributed by atoms with van der Waals surface area (Å²) in [6, 6.07) is 5.88. The number of amides is 2. The van der Waals surface area contributed by atoms with Gasteiger partial charge in [0.15, 0.2) is 21.4 Å². The van der Waals surface area contributed by atoms with Crippen molar-refractivity contribution in [1.29, 1.82) is 0 Å². The van der Waals surface area contributed by atoms with E-state index in [9.17, 15) is 22.4 Å². The largest absolute Gasteiger partial charge is 0.488 e. The van der Waals surface area contributed by atoms with Gasteiger partial charge in [-0.2, -0.15) is 0 Å². The summed E-state index contributed by atoms with van der Waals surface area (Å²) < 4.78 is 67.4. The number of carbonyl (C=O) groups is 2. The van der Waals surface area contributed by atoms with Gasteiger partial charge in [0.25, 0.3) is 0 Å². The van der Waals surface area contributed by atoms with Gasteiger partial charge in [0.2, 0.25) is 5.91 Å². The van der Waals surface area contributed by atoms with E-state index in [2.05, 4.69) is 5.32 Å². The monoisotopic (exact) mass is 556 g/mol. The zero-order chi connectivity index (χ0) is 27.2. The fraction of sp³-hybridized carbons (Fsp3) is 0.440. The Bertz CT molecular complexity index is 1330. The standard InChI is InChI=1S/C25H27ClF2N2O6S/c1-24(2,3)36-23(32)29-13-20(31)30-12-4-11-25(37(33,34)16-7-5-15(26)6-8-16)19(30)14-35-22-18(28)10-9-17(27)21(22)25/h5-10,19H,4,11-14H2,1-3H3,(H,29,32)/t19-,25+/m1/s1. The second kappa shape index (κ2) is 9.75. The maximum Gasteiger partial charge on any atom is 0.408 e. The van der Waals surface area contributed by atoms with Crippen LogP contribution in [-0.2, 0) is 24.1 Å². The number of alkyl carbamates (subject to hydrolysis) is 1. The number of hydrogen-bond donors (Lipinski definition) is 1. The van der Waals surface area contributed by atoms with Crippen molar-refractivity contribution in [3.8, 4) is 5.75 Å². The molecule has 1 N–H and O–H groups in total. The lowest BCUT2D eigenvalue weighted by Crippen LogP contribution is -2.65. The molecular formula is C25H27ClF2N2O6S. The number of sulfone groups is 1. The lowest BCUT2D eigenvalue weighted by atomic mass is 9.80. The molecule has 0 aromatic heterocycles. The van der Waals surface area contributed by atoms with Gasteiger partial charge in [-0.05, 0) is 70.0 Å². The van der Waals surface area contributed by atoms with Crippen LogP contribution in [-0.4, -0.2) is 56.7 Å². The zero-order valence-electron chi connectivity index (χ0n) is 20.5. The highest BCUT2D eigenvalue weighted by Crippen LogP contribution is 2.53. The van der Waals surface area contributed by atoms with Crippen molar-refractivity contribution in [2.75, 3.05) is 19.7 Å². The Kier molecular flexibility index (Phi) is 7.15. The highest BCUT2D eigenvalue weighted by molar-refractivity contribution is 7.92. The number of fused-ring (bicyclic) bond motifs is 3. The van der Waals surface area contributed by atoms with Crippen LogP contribution in [0.1, 0.15) is 39.2 Å². The van der Waals surface area contributed by atoms with Crippen LogP contribution >= 0.6 is 11.6 Å². The van der Waals surface area contributed by atoms with E-state index in [1.165, 1.54) is 29.2 Å². The van der Waals surface area contributed by atoms with Gasteiger partial charge in [-0.25, -0.2) is 22.0 Å². The summed E-state index contributed by atoms with van der Waals surface area (Å²) in [4.78, 5) is 26.4. The Balaban J connectivity index is 1.79. The molecule has 2 heterocycles. The molecule has 8 nitrogen and oxygen atoms in total. The minimum absolute atomic E-state index is 0.0807. The third kappa shape index (κ3) is 4.86. The molecule has 2 aliphatic heterocycles. The van der Waals surface area contributed by atoms with E-state index < -0.39 is 74.3 Å². The minimum Gasteiger partial charge on any atom is -0.488 e. The van der Waals surface area contributed by atoms with Crippen LogP contribution in [0.2, 0.25) is 5.02 Å². The first-order valence-electron chi connectivity index (χ1n) is 11.7. The van der Waals surface area contributed by atoms with E-state index in [4.69, 9.17) is 21.1 Å². The molecule has 37 heavy (non-hydrogen) atoms. The smallest absolute Gasteiger partial charge is 0.408 e. The van der Waals surface area contributed by atoms with Crippen LogP contribution in [0.5, 0.6) is 5.75 Å². The number of piperidine rings is 1. The van der Waals surface area contributed by atoms with Crippen molar-refractivity contribution in [1.82, 2.24) is 10.2 Å². The first-order valence-corrected chi connectivity index (χ1v) is 13.5. The summed E-state index contributed by atoms with van der Waals surface area (Å²) >= 11 is 5.95. The lowest BCUT2D eigenvalue weighted by molar-refractivity contribution is -0.136.